The first-order valence-corrected chi connectivity index (χ1v) is 7.26. The number of aliphatic carboxylic acids is 1. The van der Waals surface area contributed by atoms with Gasteiger partial charge in [0.25, 0.3) is 0 Å². The summed E-state index contributed by atoms with van der Waals surface area (Å²) < 4.78 is 0. The topological polar surface area (TPSA) is 60.9 Å². The Bertz CT molecular complexity index is 316. The predicted octanol–water partition coefficient (Wildman–Crippen LogP) is 2.41. The average molecular weight is 270 g/mol. The Balaban J connectivity index is 2.59. The van der Waals surface area contributed by atoms with Gasteiger partial charge in [0.05, 0.1) is 6.42 Å². The van der Waals surface area contributed by atoms with Gasteiger partial charge in [-0.25, -0.2) is 4.79 Å². The molecule has 1 aliphatic rings. The van der Waals surface area contributed by atoms with E-state index in [1.165, 1.54) is 0 Å². The molecule has 0 bridgehead atoms. The van der Waals surface area contributed by atoms with Crippen molar-refractivity contribution < 1.29 is 14.7 Å². The van der Waals surface area contributed by atoms with Crippen molar-refractivity contribution >= 4 is 12.0 Å². The normalized spacial score (nSPS) is 15.9. The van der Waals surface area contributed by atoms with Crippen LogP contribution in [-0.2, 0) is 4.79 Å². The highest BCUT2D eigenvalue weighted by molar-refractivity contribution is 5.76. The van der Waals surface area contributed by atoms with Crippen molar-refractivity contribution in [1.29, 1.82) is 0 Å². The molecule has 1 unspecified atom stereocenters. The van der Waals surface area contributed by atoms with Crippen molar-refractivity contribution in [3.63, 3.8) is 0 Å². The number of carboxylic acid groups (broad SMARTS) is 1. The number of amides is 2. The van der Waals surface area contributed by atoms with Gasteiger partial charge in [-0.1, -0.05) is 20.3 Å². The Morgan fingerprint density at radius 2 is 1.95 bits per heavy atom. The van der Waals surface area contributed by atoms with Crippen LogP contribution in [0.4, 0.5) is 4.79 Å². The number of hydrogen-bond acceptors (Lipinski definition) is 2. The van der Waals surface area contributed by atoms with Crippen molar-refractivity contribution in [3.8, 4) is 0 Å². The van der Waals surface area contributed by atoms with Crippen LogP contribution in [0.5, 0.6) is 0 Å². The fourth-order valence-corrected chi connectivity index (χ4v) is 2.07. The van der Waals surface area contributed by atoms with Crippen molar-refractivity contribution in [2.45, 2.75) is 52.5 Å². The minimum absolute atomic E-state index is 0.00606. The molecule has 1 saturated carbocycles. The first kappa shape index (κ1) is 15.8. The van der Waals surface area contributed by atoms with Crippen LogP contribution in [0.3, 0.4) is 0 Å². The van der Waals surface area contributed by atoms with E-state index in [1.807, 2.05) is 11.8 Å². The van der Waals surface area contributed by atoms with Gasteiger partial charge in [0, 0.05) is 25.7 Å². The lowest BCUT2D eigenvalue weighted by atomic mass is 10.1. The molecule has 0 aromatic rings. The lowest BCUT2D eigenvalue weighted by Gasteiger charge is -2.31. The summed E-state index contributed by atoms with van der Waals surface area (Å²) in [6.07, 6.45) is 3.09. The van der Waals surface area contributed by atoms with E-state index in [2.05, 4.69) is 13.8 Å². The van der Waals surface area contributed by atoms with E-state index in [-0.39, 0.29) is 18.5 Å². The minimum atomic E-state index is -0.844. The summed E-state index contributed by atoms with van der Waals surface area (Å²) >= 11 is 0. The lowest BCUT2D eigenvalue weighted by molar-refractivity contribution is -0.137. The van der Waals surface area contributed by atoms with Crippen LogP contribution in [0.15, 0.2) is 0 Å². The fourth-order valence-electron chi connectivity index (χ4n) is 2.07. The summed E-state index contributed by atoms with van der Waals surface area (Å²) in [4.78, 5) is 26.8. The summed E-state index contributed by atoms with van der Waals surface area (Å²) in [7, 11) is 0. The second-order valence-electron chi connectivity index (χ2n) is 5.40. The molecular weight excluding hydrogens is 244 g/mol. The van der Waals surface area contributed by atoms with Gasteiger partial charge in [0.15, 0.2) is 0 Å². The first-order chi connectivity index (χ1) is 8.99. The zero-order chi connectivity index (χ0) is 14.4. The molecule has 5 nitrogen and oxygen atoms in total. The largest absolute Gasteiger partial charge is 0.481 e. The molecule has 0 spiro atoms. The smallest absolute Gasteiger partial charge is 0.320 e. The molecule has 1 N–H and O–H groups in total. The molecule has 5 heteroatoms. The van der Waals surface area contributed by atoms with Crippen molar-refractivity contribution in [2.75, 3.05) is 19.6 Å². The number of carbonyl (C=O) groups is 2. The third-order valence-corrected chi connectivity index (χ3v) is 3.68. The van der Waals surface area contributed by atoms with E-state index in [0.717, 1.165) is 25.8 Å². The number of rotatable bonds is 8. The second kappa shape index (κ2) is 7.36. The van der Waals surface area contributed by atoms with E-state index in [9.17, 15) is 9.59 Å². The quantitative estimate of drug-likeness (QED) is 0.736. The number of urea groups is 1. The van der Waals surface area contributed by atoms with Crippen LogP contribution in [0.1, 0.15) is 46.5 Å². The van der Waals surface area contributed by atoms with Crippen LogP contribution in [0.2, 0.25) is 0 Å². The molecule has 0 heterocycles. The third-order valence-electron chi connectivity index (χ3n) is 3.68. The second-order valence-corrected chi connectivity index (χ2v) is 5.40. The van der Waals surface area contributed by atoms with E-state index < -0.39 is 5.97 Å². The summed E-state index contributed by atoms with van der Waals surface area (Å²) in [6, 6.07) is 0.268. The summed E-state index contributed by atoms with van der Waals surface area (Å²) in [5, 5.41) is 8.77. The van der Waals surface area contributed by atoms with E-state index >= 15 is 0 Å². The molecule has 0 aliphatic heterocycles. The molecule has 1 aliphatic carbocycles. The van der Waals surface area contributed by atoms with Crippen LogP contribution in [-0.4, -0.2) is 52.6 Å². The standard InChI is InChI=1S/C14H26N2O3/c1-4-11(3)10-15(5-2)14(19)16(12-6-7-12)9-8-13(17)18/h11-12H,4-10H2,1-3H3,(H,17,18). The van der Waals surface area contributed by atoms with Crippen LogP contribution < -0.4 is 0 Å². The van der Waals surface area contributed by atoms with Crippen molar-refractivity contribution in [2.24, 2.45) is 5.92 Å². The Hall–Kier alpha value is -1.26. The summed E-state index contributed by atoms with van der Waals surface area (Å²) in [5.74, 6) is -0.368. The highest BCUT2D eigenvalue weighted by Gasteiger charge is 2.34. The maximum absolute atomic E-state index is 12.5. The summed E-state index contributed by atoms with van der Waals surface area (Å²) in [6.45, 7) is 7.99. The molecule has 1 atom stereocenters. The Kier molecular flexibility index (Phi) is 6.12. The molecule has 1 rings (SSSR count). The zero-order valence-corrected chi connectivity index (χ0v) is 12.3. The first-order valence-electron chi connectivity index (χ1n) is 7.26. The Labute approximate surface area is 115 Å². The third kappa shape index (κ3) is 5.09. The number of carboxylic acids is 1. The van der Waals surface area contributed by atoms with Gasteiger partial charge in [-0.3, -0.25) is 4.79 Å². The molecule has 19 heavy (non-hydrogen) atoms. The lowest BCUT2D eigenvalue weighted by Crippen LogP contribution is -2.46. The maximum Gasteiger partial charge on any atom is 0.320 e. The molecular formula is C14H26N2O3. The molecule has 2 amide bonds. The Morgan fingerprint density at radius 1 is 1.32 bits per heavy atom. The maximum atomic E-state index is 12.5. The van der Waals surface area contributed by atoms with Crippen LogP contribution in [0.25, 0.3) is 0 Å². The van der Waals surface area contributed by atoms with Gasteiger partial charge in [-0.15, -0.1) is 0 Å². The highest BCUT2D eigenvalue weighted by atomic mass is 16.4. The molecule has 0 radical (unpaired) electrons. The number of nitrogens with zero attached hydrogens (tertiary/aromatic N) is 2. The van der Waals surface area contributed by atoms with E-state index in [4.69, 9.17) is 5.11 Å². The number of hydrogen-bond donors (Lipinski definition) is 1. The Morgan fingerprint density at radius 3 is 2.37 bits per heavy atom. The number of carbonyl (C=O) groups excluding carboxylic acids is 1. The van der Waals surface area contributed by atoms with Gasteiger partial charge in [-0.2, -0.15) is 0 Å². The molecule has 1 fully saturated rings. The van der Waals surface area contributed by atoms with Gasteiger partial charge in [0.1, 0.15) is 0 Å². The van der Waals surface area contributed by atoms with Crippen LogP contribution >= 0.6 is 0 Å². The molecule has 0 saturated heterocycles. The van der Waals surface area contributed by atoms with Gasteiger partial charge in [-0.05, 0) is 25.7 Å². The predicted molar refractivity (Wildman–Crippen MR) is 74.1 cm³/mol. The minimum Gasteiger partial charge on any atom is -0.481 e. The van der Waals surface area contributed by atoms with Crippen molar-refractivity contribution in [1.82, 2.24) is 9.80 Å². The fraction of sp³-hybridized carbons (Fsp3) is 0.857. The SMILES string of the molecule is CCC(C)CN(CC)C(=O)N(CCC(=O)O)C1CC1. The molecule has 110 valence electrons. The van der Waals surface area contributed by atoms with Gasteiger partial charge >= 0.3 is 12.0 Å². The van der Waals surface area contributed by atoms with Crippen LogP contribution in [0, 0.1) is 5.92 Å². The monoisotopic (exact) mass is 270 g/mol. The summed E-state index contributed by atoms with van der Waals surface area (Å²) in [5.41, 5.74) is 0. The van der Waals surface area contributed by atoms with Crippen molar-refractivity contribution in [3.05, 3.63) is 0 Å². The highest BCUT2D eigenvalue weighted by Crippen LogP contribution is 2.28. The molecule has 0 aromatic carbocycles. The van der Waals surface area contributed by atoms with Gasteiger partial charge in [0.2, 0.25) is 0 Å². The van der Waals surface area contributed by atoms with Gasteiger partial charge < -0.3 is 14.9 Å². The average Bonchev–Trinajstić information content (AvgIpc) is 3.19. The van der Waals surface area contributed by atoms with E-state index in [1.54, 1.807) is 4.90 Å². The van der Waals surface area contributed by atoms with E-state index in [0.29, 0.717) is 19.0 Å². The zero-order valence-electron chi connectivity index (χ0n) is 12.3. The molecule has 0 aromatic heterocycles.